The average molecular weight is 473 g/mol. The van der Waals surface area contributed by atoms with E-state index in [2.05, 4.69) is 62.0 Å². The van der Waals surface area contributed by atoms with Crippen LogP contribution in [0.2, 0.25) is 0 Å². The van der Waals surface area contributed by atoms with Gasteiger partial charge in [-0.05, 0) is 124 Å². The van der Waals surface area contributed by atoms with Gasteiger partial charge in [0.2, 0.25) is 0 Å². The first-order valence-electron chi connectivity index (χ1n) is 14.2. The van der Waals surface area contributed by atoms with Gasteiger partial charge in [0, 0.05) is 6.42 Å². The highest BCUT2D eigenvalue weighted by Crippen LogP contribution is 2.74. The molecule has 0 aromatic heterocycles. The molecule has 0 radical (unpaired) electrons. The molecule has 0 aromatic carbocycles. The Hall–Kier alpha value is -0.830. The van der Waals surface area contributed by atoms with E-state index in [-0.39, 0.29) is 28.5 Å². The van der Waals surface area contributed by atoms with E-state index in [4.69, 9.17) is 4.74 Å². The molecule has 0 unspecified atom stereocenters. The minimum Gasteiger partial charge on any atom is -0.481 e. The Morgan fingerprint density at radius 2 is 1.59 bits per heavy atom. The minimum atomic E-state index is -0.658. The van der Waals surface area contributed by atoms with Crippen LogP contribution < -0.4 is 0 Å². The van der Waals surface area contributed by atoms with Crippen molar-refractivity contribution in [2.24, 2.45) is 45.8 Å². The summed E-state index contributed by atoms with van der Waals surface area (Å²) in [7, 11) is 0. The quantitative estimate of drug-likeness (QED) is 0.396. The first-order chi connectivity index (χ1) is 15.6. The first-order valence-corrected chi connectivity index (χ1v) is 14.2. The summed E-state index contributed by atoms with van der Waals surface area (Å²) in [5, 5.41) is 9.57. The van der Waals surface area contributed by atoms with Crippen LogP contribution in [-0.2, 0) is 9.53 Å². The summed E-state index contributed by atoms with van der Waals surface area (Å²) in [6.07, 6.45) is 10.9. The van der Waals surface area contributed by atoms with Crippen molar-refractivity contribution in [2.45, 2.75) is 131 Å². The second-order valence-corrected chi connectivity index (χ2v) is 14.4. The van der Waals surface area contributed by atoms with Crippen LogP contribution in [0.25, 0.3) is 0 Å². The van der Waals surface area contributed by atoms with Gasteiger partial charge in [0.05, 0.1) is 11.2 Å². The Morgan fingerprint density at radius 3 is 2.15 bits per heavy atom. The molecule has 3 heteroatoms. The number of hydrogen-bond acceptors (Lipinski definition) is 2. The number of carbonyl (C=O) groups is 1. The van der Waals surface area contributed by atoms with Crippen molar-refractivity contribution in [2.75, 3.05) is 0 Å². The average Bonchev–Trinajstić information content (AvgIpc) is 3.26. The van der Waals surface area contributed by atoms with Crippen LogP contribution in [0.15, 0.2) is 12.2 Å². The summed E-state index contributed by atoms with van der Waals surface area (Å²) >= 11 is 0. The van der Waals surface area contributed by atoms with Gasteiger partial charge in [-0.15, -0.1) is 0 Å². The van der Waals surface area contributed by atoms with Gasteiger partial charge in [0.1, 0.15) is 0 Å². The molecule has 4 aliphatic rings. The number of carboxylic acids is 1. The topological polar surface area (TPSA) is 46.5 Å². The van der Waals surface area contributed by atoms with Gasteiger partial charge >= 0.3 is 5.97 Å². The second-order valence-electron chi connectivity index (χ2n) is 14.4. The van der Waals surface area contributed by atoms with Crippen LogP contribution in [0, 0.1) is 45.8 Å². The predicted octanol–water partition coefficient (Wildman–Crippen LogP) is 8.28. The molecule has 3 aliphatic carbocycles. The van der Waals surface area contributed by atoms with E-state index in [1.54, 1.807) is 0 Å². The summed E-state index contributed by atoms with van der Waals surface area (Å²) in [6.45, 7) is 23.6. The van der Waals surface area contributed by atoms with E-state index < -0.39 is 5.97 Å². The van der Waals surface area contributed by atoms with Crippen molar-refractivity contribution in [3.8, 4) is 0 Å². The van der Waals surface area contributed by atoms with Gasteiger partial charge in [-0.3, -0.25) is 4.79 Å². The third-order valence-corrected chi connectivity index (χ3v) is 12.7. The number of rotatable bonds is 6. The molecule has 1 saturated heterocycles. The summed E-state index contributed by atoms with van der Waals surface area (Å²) in [5.41, 5.74) is 1.82. The summed E-state index contributed by atoms with van der Waals surface area (Å²) in [6, 6.07) is 0. The lowest BCUT2D eigenvalue weighted by Crippen LogP contribution is -2.60. The minimum absolute atomic E-state index is 0.00377. The molecule has 3 nitrogen and oxygen atoms in total. The maximum atomic E-state index is 11.6. The van der Waals surface area contributed by atoms with E-state index in [1.807, 2.05) is 0 Å². The highest BCUT2D eigenvalue weighted by molar-refractivity contribution is 5.66. The molecule has 0 aromatic rings. The molecule has 1 N–H and O–H groups in total. The van der Waals surface area contributed by atoms with Gasteiger partial charge in [-0.25, -0.2) is 0 Å². The zero-order valence-electron chi connectivity index (χ0n) is 23.4. The zero-order chi connectivity index (χ0) is 25.3. The monoisotopic (exact) mass is 472 g/mol. The fourth-order valence-corrected chi connectivity index (χ4v) is 10.2. The molecule has 194 valence electrons. The van der Waals surface area contributed by atoms with Crippen LogP contribution in [0.3, 0.4) is 0 Å². The largest absolute Gasteiger partial charge is 0.481 e. The number of carboxylic acid groups (broad SMARTS) is 1. The fraction of sp³-hybridized carbons (Fsp3) is 0.903. The molecule has 4 rings (SSSR count). The van der Waals surface area contributed by atoms with Crippen LogP contribution >= 0.6 is 0 Å². The Morgan fingerprint density at radius 1 is 0.941 bits per heavy atom. The third kappa shape index (κ3) is 3.65. The van der Waals surface area contributed by atoms with E-state index in [1.165, 1.54) is 50.5 Å². The molecular weight excluding hydrogens is 420 g/mol. The molecule has 4 fully saturated rings. The lowest BCUT2D eigenvalue weighted by Gasteiger charge is -2.66. The van der Waals surface area contributed by atoms with Crippen molar-refractivity contribution in [3.63, 3.8) is 0 Å². The molecule has 9 atom stereocenters. The zero-order valence-corrected chi connectivity index (χ0v) is 23.4. The first kappa shape index (κ1) is 26.2. The molecule has 34 heavy (non-hydrogen) atoms. The summed E-state index contributed by atoms with van der Waals surface area (Å²) in [5.74, 6) is 2.23. The Balaban J connectivity index is 1.66. The van der Waals surface area contributed by atoms with E-state index in [0.29, 0.717) is 35.0 Å². The maximum Gasteiger partial charge on any atom is 0.303 e. The summed E-state index contributed by atoms with van der Waals surface area (Å²) < 4.78 is 7.02. The molecular formula is C31H52O3. The van der Waals surface area contributed by atoms with Crippen molar-refractivity contribution in [3.05, 3.63) is 12.2 Å². The molecule has 1 aliphatic heterocycles. The normalized spacial score (nSPS) is 50.7. The highest BCUT2D eigenvalue weighted by atomic mass is 16.5. The van der Waals surface area contributed by atoms with Gasteiger partial charge < -0.3 is 9.84 Å². The van der Waals surface area contributed by atoms with Gasteiger partial charge in [-0.1, -0.05) is 46.8 Å². The number of fused-ring (bicyclic) bond motifs is 3. The van der Waals surface area contributed by atoms with Crippen LogP contribution in [0.4, 0.5) is 0 Å². The van der Waals surface area contributed by atoms with E-state index in [0.717, 1.165) is 12.8 Å². The van der Waals surface area contributed by atoms with Crippen LogP contribution in [0.1, 0.15) is 120 Å². The van der Waals surface area contributed by atoms with Gasteiger partial charge in [-0.2, -0.15) is 0 Å². The molecule has 1 heterocycles. The molecule has 3 saturated carbocycles. The highest BCUT2D eigenvalue weighted by Gasteiger charge is 2.68. The Labute approximate surface area is 209 Å². The SMILES string of the molecule is C=C(C)[C@@H]1CC[C@]2(C)[C@@H](CC[C@@H]3[C@@H]([C@]4(C)CC[C@](C)(C(C)C)O4)CC[C@]32C)[C@@]1(C)CCC(=O)O. The van der Waals surface area contributed by atoms with Gasteiger partial charge in [0.25, 0.3) is 0 Å². The predicted molar refractivity (Wildman–Crippen MR) is 140 cm³/mol. The standard InChI is InChI=1S/C31H52O3/c1-20(2)22-12-17-29(7)25(27(22,5)15-14-26(32)33)11-10-23-24(13-16-28(23,29)6)31(9)19-18-30(8,34-31)21(3)4/h21-25H,1,10-19H2,2-9H3,(H,32,33)/t22-,23+,24-,25-,27-,28+,29+,30+,31-/m0/s1. The number of ether oxygens (including phenoxy) is 1. The van der Waals surface area contributed by atoms with E-state index in [9.17, 15) is 9.90 Å². The summed E-state index contributed by atoms with van der Waals surface area (Å²) in [4.78, 5) is 11.6. The Kier molecular flexibility index (Phi) is 6.45. The van der Waals surface area contributed by atoms with Crippen molar-refractivity contribution in [1.29, 1.82) is 0 Å². The number of aliphatic carboxylic acids is 1. The van der Waals surface area contributed by atoms with Crippen LogP contribution in [0.5, 0.6) is 0 Å². The van der Waals surface area contributed by atoms with E-state index >= 15 is 0 Å². The smallest absolute Gasteiger partial charge is 0.303 e. The lowest BCUT2D eigenvalue weighted by atomic mass is 9.38. The van der Waals surface area contributed by atoms with Gasteiger partial charge in [0.15, 0.2) is 0 Å². The Bertz CT molecular complexity index is 833. The van der Waals surface area contributed by atoms with Crippen LogP contribution in [-0.4, -0.2) is 22.3 Å². The van der Waals surface area contributed by atoms with Crippen molar-refractivity contribution < 1.29 is 14.6 Å². The fourth-order valence-electron chi connectivity index (χ4n) is 10.2. The van der Waals surface area contributed by atoms with Crippen molar-refractivity contribution in [1.82, 2.24) is 0 Å². The molecule has 0 amide bonds. The van der Waals surface area contributed by atoms with Crippen molar-refractivity contribution >= 4 is 5.97 Å². The lowest BCUT2D eigenvalue weighted by molar-refractivity contribution is -0.189. The second kappa shape index (κ2) is 8.35. The number of allylic oxidation sites excluding steroid dienone is 1. The molecule has 0 bridgehead atoms. The third-order valence-electron chi connectivity index (χ3n) is 12.7. The maximum absolute atomic E-state index is 11.6. The number of hydrogen-bond donors (Lipinski definition) is 1. The molecule has 0 spiro atoms.